The Morgan fingerprint density at radius 3 is 2.18 bits per heavy atom. The largest absolute Gasteiger partial charge is 0.456 e. The van der Waals surface area contributed by atoms with Gasteiger partial charge in [-0.3, -0.25) is 0 Å². The summed E-state index contributed by atoms with van der Waals surface area (Å²) in [6, 6.07) is 27.5. The van der Waals surface area contributed by atoms with Crippen molar-refractivity contribution < 1.29 is 14.2 Å². The Balaban J connectivity index is 1.61. The predicted octanol–water partition coefficient (Wildman–Crippen LogP) is 6.86. The Hall–Kier alpha value is -3.34. The third-order valence-corrected chi connectivity index (χ3v) is 7.33. The van der Waals surface area contributed by atoms with Crippen molar-refractivity contribution in [2.24, 2.45) is 0 Å². The van der Waals surface area contributed by atoms with E-state index < -0.39 is 11.2 Å². The minimum Gasteiger partial charge on any atom is -0.456 e. The number of hydrogen-bond donors (Lipinski definition) is 1. The van der Waals surface area contributed by atoms with Crippen LogP contribution in [0, 0.1) is 0 Å². The van der Waals surface area contributed by atoms with E-state index >= 15 is 0 Å². The normalized spacial score (nSPS) is 13.0. The average molecular weight is 445 g/mol. The Morgan fingerprint density at radius 1 is 0.676 bits per heavy atom. The number of aliphatic hydroxyl groups is 1. The highest BCUT2D eigenvalue weighted by Crippen LogP contribution is 2.39. The highest BCUT2D eigenvalue weighted by atomic mass is 16.5. The van der Waals surface area contributed by atoms with E-state index in [1.165, 1.54) is 21.5 Å². The van der Waals surface area contributed by atoms with Gasteiger partial charge in [-0.25, -0.2) is 0 Å². The van der Waals surface area contributed by atoms with Crippen molar-refractivity contribution in [2.75, 3.05) is 0 Å². The fourth-order valence-electron chi connectivity index (χ4n) is 4.62. The predicted molar refractivity (Wildman–Crippen MR) is 143 cm³/mol. The summed E-state index contributed by atoms with van der Waals surface area (Å²) in [6.45, 7) is 7.33. The maximum absolute atomic E-state index is 10.5. The van der Waals surface area contributed by atoms with Gasteiger partial charge < -0.3 is 14.2 Å². The van der Waals surface area contributed by atoms with Crippen LogP contribution in [0.15, 0.2) is 83.3 Å². The van der Waals surface area contributed by atoms with Crippen molar-refractivity contribution in [1.29, 1.82) is 0 Å². The molecule has 0 bridgehead atoms. The molecular formula is C30H26BO3. The van der Waals surface area contributed by atoms with Gasteiger partial charge in [-0.05, 0) is 78.3 Å². The number of rotatable bonds is 4. The Kier molecular flexibility index (Phi) is 4.57. The van der Waals surface area contributed by atoms with Gasteiger partial charge in [0.1, 0.15) is 11.2 Å². The average Bonchev–Trinajstić information content (AvgIpc) is 3.17. The molecule has 4 heteroatoms. The second-order valence-corrected chi connectivity index (χ2v) is 10.1. The summed E-state index contributed by atoms with van der Waals surface area (Å²) in [5.41, 5.74) is 1.05. The summed E-state index contributed by atoms with van der Waals surface area (Å²) < 4.78 is 12.4. The molecular weight excluding hydrogens is 419 g/mol. The second kappa shape index (κ2) is 7.33. The SMILES string of the molecule is CC(C)(O)C(C)(C)O[B]c1cccc2c1ccc1ccc3oc4cc5ccccc5cc4c3c12. The number of hydrogen-bond acceptors (Lipinski definition) is 3. The molecule has 0 atom stereocenters. The molecule has 6 aromatic rings. The van der Waals surface area contributed by atoms with Crippen LogP contribution >= 0.6 is 0 Å². The Labute approximate surface area is 199 Å². The molecule has 3 nitrogen and oxygen atoms in total. The molecule has 0 aliphatic carbocycles. The number of furan rings is 1. The molecule has 0 saturated carbocycles. The molecule has 5 aromatic carbocycles. The van der Waals surface area contributed by atoms with Crippen molar-refractivity contribution in [3.05, 3.63) is 78.9 Å². The molecule has 34 heavy (non-hydrogen) atoms. The van der Waals surface area contributed by atoms with Gasteiger partial charge in [0.05, 0.1) is 11.2 Å². The van der Waals surface area contributed by atoms with Gasteiger partial charge in [-0.1, -0.05) is 60.7 Å². The molecule has 6 rings (SSSR count). The molecule has 0 amide bonds. The van der Waals surface area contributed by atoms with Crippen LogP contribution in [-0.4, -0.2) is 23.8 Å². The molecule has 1 radical (unpaired) electrons. The first-order valence-corrected chi connectivity index (χ1v) is 11.7. The van der Waals surface area contributed by atoms with E-state index in [9.17, 15) is 5.11 Å². The van der Waals surface area contributed by atoms with Gasteiger partial charge in [0, 0.05) is 16.2 Å². The van der Waals surface area contributed by atoms with Crippen LogP contribution in [0.4, 0.5) is 0 Å². The summed E-state index contributed by atoms with van der Waals surface area (Å²) in [4.78, 5) is 0. The highest BCUT2D eigenvalue weighted by Gasteiger charge is 2.35. The van der Waals surface area contributed by atoms with Crippen LogP contribution < -0.4 is 5.46 Å². The zero-order chi connectivity index (χ0) is 23.7. The number of fused-ring (bicyclic) bond motifs is 8. The zero-order valence-electron chi connectivity index (χ0n) is 19.8. The molecule has 0 aliphatic rings. The van der Waals surface area contributed by atoms with E-state index in [0.717, 1.165) is 38.2 Å². The summed E-state index contributed by atoms with van der Waals surface area (Å²) in [5, 5.41) is 19.7. The van der Waals surface area contributed by atoms with Gasteiger partial charge in [-0.2, -0.15) is 0 Å². The topological polar surface area (TPSA) is 42.6 Å². The van der Waals surface area contributed by atoms with Crippen LogP contribution in [0.5, 0.6) is 0 Å². The summed E-state index contributed by atoms with van der Waals surface area (Å²) in [6.07, 6.45) is 0. The minimum atomic E-state index is -0.981. The summed E-state index contributed by atoms with van der Waals surface area (Å²) in [5.74, 6) is 0. The van der Waals surface area contributed by atoms with Crippen LogP contribution in [-0.2, 0) is 4.65 Å². The monoisotopic (exact) mass is 445 g/mol. The van der Waals surface area contributed by atoms with Crippen LogP contribution in [0.25, 0.3) is 54.3 Å². The molecule has 1 heterocycles. The smallest absolute Gasteiger partial charge is 0.331 e. The fraction of sp³-hybridized carbons (Fsp3) is 0.200. The third kappa shape index (κ3) is 3.21. The van der Waals surface area contributed by atoms with Crippen molar-refractivity contribution >= 4 is 67.2 Å². The second-order valence-electron chi connectivity index (χ2n) is 10.1. The minimum absolute atomic E-state index is 0.735. The van der Waals surface area contributed by atoms with Gasteiger partial charge in [-0.15, -0.1) is 0 Å². The lowest BCUT2D eigenvalue weighted by atomic mass is 9.79. The standard InChI is InChI=1S/C30H26BO3/c1-29(2,32)30(3,4)34-31-24-11-7-10-22-21(24)14-12-18-13-15-25-28(27(18)22)23-16-19-8-5-6-9-20(19)17-26(23)33-25/h5-17,32H,1-4H3. The first-order valence-electron chi connectivity index (χ1n) is 11.7. The molecule has 167 valence electrons. The Morgan fingerprint density at radius 2 is 1.41 bits per heavy atom. The third-order valence-electron chi connectivity index (χ3n) is 7.33. The Bertz CT molecular complexity index is 1720. The van der Waals surface area contributed by atoms with Crippen LogP contribution in [0.1, 0.15) is 27.7 Å². The van der Waals surface area contributed by atoms with E-state index in [1.807, 2.05) is 13.8 Å². The molecule has 0 unspecified atom stereocenters. The van der Waals surface area contributed by atoms with E-state index in [-0.39, 0.29) is 0 Å². The van der Waals surface area contributed by atoms with Crippen molar-refractivity contribution in [1.82, 2.24) is 0 Å². The van der Waals surface area contributed by atoms with Crippen LogP contribution in [0.2, 0.25) is 0 Å². The van der Waals surface area contributed by atoms with Gasteiger partial charge in [0.15, 0.2) is 0 Å². The molecule has 0 spiro atoms. The fourth-order valence-corrected chi connectivity index (χ4v) is 4.62. The molecule has 1 N–H and O–H groups in total. The van der Waals surface area contributed by atoms with Crippen molar-refractivity contribution in [3.8, 4) is 0 Å². The van der Waals surface area contributed by atoms with Gasteiger partial charge in [0.25, 0.3) is 0 Å². The van der Waals surface area contributed by atoms with E-state index in [4.69, 9.17) is 9.07 Å². The zero-order valence-corrected chi connectivity index (χ0v) is 19.8. The van der Waals surface area contributed by atoms with E-state index in [2.05, 4.69) is 78.9 Å². The number of benzene rings is 5. The molecule has 0 saturated heterocycles. The lowest BCUT2D eigenvalue weighted by Gasteiger charge is -2.37. The maximum Gasteiger partial charge on any atom is 0.331 e. The first-order chi connectivity index (χ1) is 16.2. The van der Waals surface area contributed by atoms with Gasteiger partial charge >= 0.3 is 7.48 Å². The van der Waals surface area contributed by atoms with Crippen molar-refractivity contribution in [2.45, 2.75) is 38.9 Å². The van der Waals surface area contributed by atoms with Gasteiger partial charge in [0.2, 0.25) is 0 Å². The molecule has 0 fully saturated rings. The molecule has 0 aliphatic heterocycles. The summed E-state index contributed by atoms with van der Waals surface area (Å²) >= 11 is 0. The summed E-state index contributed by atoms with van der Waals surface area (Å²) in [7, 11) is 1.77. The maximum atomic E-state index is 10.5. The quantitative estimate of drug-likeness (QED) is 0.238. The van der Waals surface area contributed by atoms with Crippen molar-refractivity contribution in [3.63, 3.8) is 0 Å². The van der Waals surface area contributed by atoms with Crippen LogP contribution in [0.3, 0.4) is 0 Å². The molecule has 1 aromatic heterocycles. The first kappa shape index (κ1) is 21.2. The highest BCUT2D eigenvalue weighted by molar-refractivity contribution is 6.52. The lowest BCUT2D eigenvalue weighted by Crippen LogP contribution is -2.49. The lowest BCUT2D eigenvalue weighted by molar-refractivity contribution is -0.0893. The van der Waals surface area contributed by atoms with E-state index in [0.29, 0.717) is 0 Å². The van der Waals surface area contributed by atoms with E-state index in [1.54, 1.807) is 21.3 Å².